The molecule has 0 saturated carbocycles. The van der Waals surface area contributed by atoms with Gasteiger partial charge in [0.2, 0.25) is 0 Å². The highest BCUT2D eigenvalue weighted by Crippen LogP contribution is 2.41. The van der Waals surface area contributed by atoms with E-state index >= 15 is 0 Å². The smallest absolute Gasteiger partial charge is 0.137 e. The minimum absolute atomic E-state index is 0.0668. The predicted octanol–water partition coefficient (Wildman–Crippen LogP) is 3.51. The summed E-state index contributed by atoms with van der Waals surface area (Å²) in [6.45, 7) is 3.49. The molecule has 4 unspecified atom stereocenters. The van der Waals surface area contributed by atoms with Crippen molar-refractivity contribution in [2.75, 3.05) is 6.26 Å². The van der Waals surface area contributed by atoms with Crippen LogP contribution >= 0.6 is 11.8 Å². The lowest BCUT2D eigenvalue weighted by Crippen LogP contribution is -2.48. The van der Waals surface area contributed by atoms with Crippen molar-refractivity contribution in [3.05, 3.63) is 66.0 Å². The highest BCUT2D eigenvalue weighted by Gasteiger charge is 2.44. The number of halogens is 2. The minimum atomic E-state index is -1.69. The molecular weight excluding hydrogens is 456 g/mol. The van der Waals surface area contributed by atoms with Gasteiger partial charge in [0.25, 0.3) is 0 Å². The van der Waals surface area contributed by atoms with Gasteiger partial charge in [-0.05, 0) is 29.3 Å². The number of benzene rings is 1. The van der Waals surface area contributed by atoms with Crippen LogP contribution in [0.3, 0.4) is 0 Å². The third-order valence-corrected chi connectivity index (χ3v) is 8.04. The number of aliphatic hydroxyl groups is 2. The van der Waals surface area contributed by atoms with E-state index in [0.717, 1.165) is 0 Å². The Hall–Kier alpha value is -1.88. The lowest BCUT2D eigenvalue weighted by molar-refractivity contribution is 0.0418. The largest absolute Gasteiger partial charge is 0.387 e. The molecule has 0 aliphatic heterocycles. The maximum Gasteiger partial charge on any atom is 0.137 e. The Bertz CT molecular complexity index is 998. The molecule has 3 rings (SSSR count). The summed E-state index contributed by atoms with van der Waals surface area (Å²) in [5.41, 5.74) is -0.964. The molecule has 6 nitrogen and oxygen atoms in total. The topological polar surface area (TPSA) is 88.2 Å². The number of aromatic nitrogens is 3. The van der Waals surface area contributed by atoms with Crippen LogP contribution in [0.15, 0.2) is 65.4 Å². The third kappa shape index (κ3) is 5.54. The van der Waals surface area contributed by atoms with Gasteiger partial charge in [0.05, 0.1) is 12.6 Å². The van der Waals surface area contributed by atoms with Crippen molar-refractivity contribution in [1.29, 1.82) is 0 Å². The predicted molar refractivity (Wildman–Crippen MR) is 122 cm³/mol. The molecule has 174 valence electrons. The van der Waals surface area contributed by atoms with Crippen molar-refractivity contribution < 1.29 is 23.2 Å². The van der Waals surface area contributed by atoms with Gasteiger partial charge in [0.1, 0.15) is 30.3 Å². The van der Waals surface area contributed by atoms with Crippen LogP contribution in [0.5, 0.6) is 0 Å². The second-order valence-corrected chi connectivity index (χ2v) is 11.0. The molecule has 10 heteroatoms. The van der Waals surface area contributed by atoms with E-state index in [-0.39, 0.29) is 17.4 Å². The van der Waals surface area contributed by atoms with Crippen molar-refractivity contribution in [1.82, 2.24) is 14.8 Å². The van der Waals surface area contributed by atoms with E-state index < -0.39 is 46.2 Å². The van der Waals surface area contributed by atoms with Crippen LogP contribution in [0.25, 0.3) is 0 Å². The first-order valence-corrected chi connectivity index (χ1v) is 12.6. The van der Waals surface area contributed by atoms with Crippen molar-refractivity contribution in [3.63, 3.8) is 0 Å². The lowest BCUT2D eigenvalue weighted by Gasteiger charge is -2.39. The Morgan fingerprint density at radius 3 is 2.56 bits per heavy atom. The summed E-state index contributed by atoms with van der Waals surface area (Å²) in [6.07, 6.45) is 3.84. The van der Waals surface area contributed by atoms with Crippen LogP contribution < -0.4 is 0 Å². The number of allylic oxidation sites excluding steroid dienone is 3. The SMILES string of the molecule is CC(S[C@H](C)[C@](O)(Cn1cncn1)C1=CC=C(F)CC1F)C(O)c1ccc(S(C)=O)cc1. The highest BCUT2D eigenvalue weighted by atomic mass is 32.2. The normalized spacial score (nSPS) is 22.3. The molecular formula is C22H27F2N3O3S2. The van der Waals surface area contributed by atoms with Crippen LogP contribution in [-0.4, -0.2) is 57.7 Å². The maximum absolute atomic E-state index is 14.8. The quantitative estimate of drug-likeness (QED) is 0.568. The molecule has 0 spiro atoms. The van der Waals surface area contributed by atoms with Crippen molar-refractivity contribution in [2.24, 2.45) is 0 Å². The standard InChI is InChI=1S/C22H27F2N3O3S2/c1-14(21(28)16-4-7-18(8-5-16)32(3)30)31-15(2)22(29,11-27-13-25-12-26-27)19-9-6-17(23)10-20(19)24/h4-9,12-15,20-21,28-29H,10-11H2,1-3H3/t14?,15-,20?,21?,22-,32?/m1/s1. The molecule has 32 heavy (non-hydrogen) atoms. The fourth-order valence-electron chi connectivity index (χ4n) is 3.70. The van der Waals surface area contributed by atoms with E-state index in [4.69, 9.17) is 0 Å². The Labute approximate surface area is 192 Å². The van der Waals surface area contributed by atoms with E-state index in [2.05, 4.69) is 10.1 Å². The number of nitrogens with zero attached hydrogens (tertiary/aromatic N) is 3. The molecule has 0 bridgehead atoms. The molecule has 0 saturated heterocycles. The molecule has 0 radical (unpaired) electrons. The first-order chi connectivity index (χ1) is 15.1. The number of hydrogen-bond donors (Lipinski definition) is 2. The fourth-order valence-corrected chi connectivity index (χ4v) is 5.61. The zero-order chi connectivity index (χ0) is 23.5. The fraction of sp³-hybridized carbons (Fsp3) is 0.455. The number of thioether (sulfide) groups is 1. The lowest BCUT2D eigenvalue weighted by atomic mass is 9.83. The molecule has 2 aromatic rings. The van der Waals surface area contributed by atoms with Gasteiger partial charge in [-0.2, -0.15) is 5.10 Å². The van der Waals surface area contributed by atoms with Gasteiger partial charge >= 0.3 is 0 Å². The maximum atomic E-state index is 14.8. The van der Waals surface area contributed by atoms with Gasteiger partial charge in [0.15, 0.2) is 0 Å². The zero-order valence-corrected chi connectivity index (χ0v) is 19.7. The summed E-state index contributed by atoms with van der Waals surface area (Å²) in [5, 5.41) is 25.6. The summed E-state index contributed by atoms with van der Waals surface area (Å²) in [5.74, 6) is -0.579. The number of hydrogen-bond acceptors (Lipinski definition) is 6. The van der Waals surface area contributed by atoms with Crippen molar-refractivity contribution >= 4 is 22.6 Å². The molecule has 2 N–H and O–H groups in total. The summed E-state index contributed by atoms with van der Waals surface area (Å²) in [4.78, 5) is 4.54. The van der Waals surface area contributed by atoms with Crippen LogP contribution in [-0.2, 0) is 17.3 Å². The Morgan fingerprint density at radius 1 is 1.31 bits per heavy atom. The van der Waals surface area contributed by atoms with Crippen molar-refractivity contribution in [3.8, 4) is 0 Å². The zero-order valence-electron chi connectivity index (χ0n) is 18.1. The number of aliphatic hydroxyl groups excluding tert-OH is 1. The number of rotatable bonds is 9. The van der Waals surface area contributed by atoms with Crippen molar-refractivity contribution in [2.45, 2.75) is 60.1 Å². The van der Waals surface area contributed by atoms with Gasteiger partial charge < -0.3 is 10.2 Å². The third-order valence-electron chi connectivity index (χ3n) is 5.61. The molecule has 1 aliphatic carbocycles. The first-order valence-electron chi connectivity index (χ1n) is 10.1. The summed E-state index contributed by atoms with van der Waals surface area (Å²) >= 11 is 1.29. The van der Waals surface area contributed by atoms with E-state index in [9.17, 15) is 23.2 Å². The Morgan fingerprint density at radius 2 is 2.00 bits per heavy atom. The highest BCUT2D eigenvalue weighted by molar-refractivity contribution is 8.00. The molecule has 1 aromatic carbocycles. The molecule has 1 aromatic heterocycles. The van der Waals surface area contributed by atoms with Crippen LogP contribution in [0.1, 0.15) is 31.9 Å². The van der Waals surface area contributed by atoms with E-state index in [1.807, 2.05) is 6.92 Å². The molecule has 6 atom stereocenters. The summed E-state index contributed by atoms with van der Waals surface area (Å²) in [7, 11) is -1.11. The average molecular weight is 484 g/mol. The molecule has 0 amide bonds. The minimum Gasteiger partial charge on any atom is -0.387 e. The molecule has 1 heterocycles. The van der Waals surface area contributed by atoms with Gasteiger partial charge in [-0.15, -0.1) is 11.8 Å². The first kappa shape index (κ1) is 24.8. The molecule has 0 fully saturated rings. The summed E-state index contributed by atoms with van der Waals surface area (Å²) in [6, 6.07) is 6.86. The monoisotopic (exact) mass is 483 g/mol. The van der Waals surface area contributed by atoms with Gasteiger partial charge in [-0.25, -0.2) is 18.4 Å². The van der Waals surface area contributed by atoms with Gasteiger partial charge in [-0.3, -0.25) is 4.21 Å². The van der Waals surface area contributed by atoms with E-state index in [1.165, 1.54) is 41.3 Å². The Balaban J connectivity index is 1.82. The average Bonchev–Trinajstić information content (AvgIpc) is 3.25. The van der Waals surface area contributed by atoms with E-state index in [0.29, 0.717) is 10.5 Å². The second-order valence-electron chi connectivity index (χ2n) is 7.88. The van der Waals surface area contributed by atoms with Crippen LogP contribution in [0.4, 0.5) is 8.78 Å². The van der Waals surface area contributed by atoms with Crippen LogP contribution in [0, 0.1) is 0 Å². The van der Waals surface area contributed by atoms with Gasteiger partial charge in [-0.1, -0.05) is 32.1 Å². The Kier molecular flexibility index (Phi) is 8.02. The molecule has 1 aliphatic rings. The van der Waals surface area contributed by atoms with Crippen LogP contribution in [0.2, 0.25) is 0 Å². The summed E-state index contributed by atoms with van der Waals surface area (Å²) < 4.78 is 41.4. The number of alkyl halides is 1. The van der Waals surface area contributed by atoms with E-state index in [1.54, 1.807) is 37.4 Å². The van der Waals surface area contributed by atoms with Gasteiger partial charge in [0, 0.05) is 38.9 Å². The second kappa shape index (κ2) is 10.4.